The van der Waals surface area contributed by atoms with Gasteiger partial charge in [0.15, 0.2) is 0 Å². The molecule has 3 atom stereocenters. The van der Waals surface area contributed by atoms with Crippen LogP contribution in [0.2, 0.25) is 0 Å². The van der Waals surface area contributed by atoms with E-state index in [-0.39, 0.29) is 5.91 Å². The van der Waals surface area contributed by atoms with Crippen molar-refractivity contribution in [3.8, 4) is 11.8 Å². The van der Waals surface area contributed by atoms with Crippen LogP contribution in [0.5, 0.6) is 5.75 Å². The SMILES string of the molecule is CC1(C)Oc2ccc(C#N)cc2[C@@H](C2NCCN(Cc3ccccc3)C2=O)[C@@H]1O. The summed E-state index contributed by atoms with van der Waals surface area (Å²) in [6, 6.07) is 16.6. The van der Waals surface area contributed by atoms with E-state index in [1.165, 1.54) is 0 Å². The highest BCUT2D eigenvalue weighted by molar-refractivity contribution is 5.84. The molecule has 1 fully saturated rings. The number of carbonyl (C=O) groups is 1. The van der Waals surface area contributed by atoms with Crippen molar-refractivity contribution in [2.45, 2.75) is 44.1 Å². The first kappa shape index (κ1) is 19.4. The molecule has 2 aliphatic rings. The summed E-state index contributed by atoms with van der Waals surface area (Å²) in [4.78, 5) is 15.2. The summed E-state index contributed by atoms with van der Waals surface area (Å²) < 4.78 is 6.00. The van der Waals surface area contributed by atoms with Crippen LogP contribution in [-0.2, 0) is 11.3 Å². The standard InChI is InChI=1S/C23H25N3O3/c1-23(2)21(27)19(17-12-16(13-24)8-9-18(17)29-23)20-22(28)26(11-10-25-20)14-15-6-4-3-5-7-15/h3-9,12,19-21,25,27H,10-11,14H2,1-2H3/t19-,20?,21-/m0/s1. The number of hydrogen-bond donors (Lipinski definition) is 2. The molecule has 1 saturated heterocycles. The zero-order valence-corrected chi connectivity index (χ0v) is 16.6. The summed E-state index contributed by atoms with van der Waals surface area (Å²) in [5, 5.41) is 23.8. The van der Waals surface area contributed by atoms with E-state index in [9.17, 15) is 15.2 Å². The summed E-state index contributed by atoms with van der Waals surface area (Å²) >= 11 is 0. The highest BCUT2D eigenvalue weighted by Gasteiger charge is 2.49. The Bertz CT molecular complexity index is 952. The molecule has 0 aliphatic carbocycles. The Morgan fingerprint density at radius 3 is 2.76 bits per heavy atom. The smallest absolute Gasteiger partial charge is 0.240 e. The van der Waals surface area contributed by atoms with E-state index in [2.05, 4.69) is 11.4 Å². The Labute approximate surface area is 170 Å². The number of aliphatic hydroxyl groups is 1. The molecule has 4 rings (SSSR count). The van der Waals surface area contributed by atoms with Crippen LogP contribution in [0.15, 0.2) is 48.5 Å². The zero-order chi connectivity index (χ0) is 20.6. The Kier molecular flexibility index (Phi) is 5.03. The fraction of sp³-hybridized carbons (Fsp3) is 0.391. The second-order valence-electron chi connectivity index (χ2n) is 8.22. The highest BCUT2D eigenvalue weighted by Crippen LogP contribution is 2.43. The van der Waals surface area contributed by atoms with E-state index >= 15 is 0 Å². The number of piperazine rings is 1. The van der Waals surface area contributed by atoms with Crippen molar-refractivity contribution in [3.05, 3.63) is 65.2 Å². The van der Waals surface area contributed by atoms with Gasteiger partial charge in [-0.25, -0.2) is 0 Å². The minimum absolute atomic E-state index is 0.0461. The summed E-state index contributed by atoms with van der Waals surface area (Å²) in [5.74, 6) is 0.0577. The van der Waals surface area contributed by atoms with Crippen molar-refractivity contribution < 1.29 is 14.6 Å². The molecule has 0 radical (unpaired) electrons. The molecule has 0 bridgehead atoms. The summed E-state index contributed by atoms with van der Waals surface area (Å²) in [5.41, 5.74) is 1.40. The third kappa shape index (κ3) is 3.59. The second-order valence-corrected chi connectivity index (χ2v) is 8.22. The normalized spacial score (nSPS) is 25.7. The number of nitriles is 1. The predicted octanol–water partition coefficient (Wildman–Crippen LogP) is 2.17. The van der Waals surface area contributed by atoms with Crippen molar-refractivity contribution in [1.82, 2.24) is 10.2 Å². The number of hydrogen-bond acceptors (Lipinski definition) is 5. The van der Waals surface area contributed by atoms with Crippen LogP contribution in [0.25, 0.3) is 0 Å². The second kappa shape index (κ2) is 7.51. The first-order chi connectivity index (χ1) is 13.9. The summed E-state index contributed by atoms with van der Waals surface area (Å²) in [7, 11) is 0. The van der Waals surface area contributed by atoms with Gasteiger partial charge in [-0.1, -0.05) is 30.3 Å². The van der Waals surface area contributed by atoms with Crippen LogP contribution in [0.4, 0.5) is 0 Å². The molecule has 6 heteroatoms. The molecule has 2 aromatic rings. The minimum atomic E-state index is -0.901. The van der Waals surface area contributed by atoms with E-state index < -0.39 is 23.7 Å². The van der Waals surface area contributed by atoms with Crippen molar-refractivity contribution in [2.24, 2.45) is 0 Å². The first-order valence-electron chi connectivity index (χ1n) is 9.88. The van der Waals surface area contributed by atoms with Crippen molar-refractivity contribution in [3.63, 3.8) is 0 Å². The lowest BCUT2D eigenvalue weighted by molar-refractivity contribution is -0.140. The van der Waals surface area contributed by atoms with Crippen molar-refractivity contribution in [1.29, 1.82) is 5.26 Å². The number of ether oxygens (including phenoxy) is 1. The Balaban J connectivity index is 1.68. The lowest BCUT2D eigenvalue weighted by Crippen LogP contribution is -2.62. The van der Waals surface area contributed by atoms with Gasteiger partial charge in [0.05, 0.1) is 17.7 Å². The van der Waals surface area contributed by atoms with Crippen LogP contribution in [-0.4, -0.2) is 46.7 Å². The quantitative estimate of drug-likeness (QED) is 0.838. The molecular formula is C23H25N3O3. The minimum Gasteiger partial charge on any atom is -0.485 e. The van der Waals surface area contributed by atoms with Crippen LogP contribution in [0.1, 0.15) is 36.5 Å². The fourth-order valence-electron chi connectivity index (χ4n) is 4.27. The maximum absolute atomic E-state index is 13.4. The van der Waals surface area contributed by atoms with Crippen molar-refractivity contribution in [2.75, 3.05) is 13.1 Å². The lowest BCUT2D eigenvalue weighted by Gasteiger charge is -2.46. The zero-order valence-electron chi connectivity index (χ0n) is 16.6. The molecule has 1 amide bonds. The molecule has 150 valence electrons. The summed E-state index contributed by atoms with van der Waals surface area (Å²) in [6.45, 7) is 5.42. The molecule has 29 heavy (non-hydrogen) atoms. The van der Waals surface area contributed by atoms with E-state index in [0.29, 0.717) is 36.5 Å². The topological polar surface area (TPSA) is 85.6 Å². The number of rotatable bonds is 3. The number of carbonyl (C=O) groups excluding carboxylic acids is 1. The van der Waals surface area contributed by atoms with Crippen LogP contribution < -0.4 is 10.1 Å². The van der Waals surface area contributed by atoms with Gasteiger partial charge in [-0.15, -0.1) is 0 Å². The highest BCUT2D eigenvalue weighted by atomic mass is 16.5. The average molecular weight is 391 g/mol. The van der Waals surface area contributed by atoms with Crippen LogP contribution >= 0.6 is 0 Å². The number of nitrogens with zero attached hydrogens (tertiary/aromatic N) is 2. The Morgan fingerprint density at radius 1 is 1.28 bits per heavy atom. The third-order valence-corrected chi connectivity index (χ3v) is 5.82. The molecule has 6 nitrogen and oxygen atoms in total. The Hall–Kier alpha value is -2.88. The van der Waals surface area contributed by atoms with Gasteiger partial charge in [0, 0.05) is 31.1 Å². The molecule has 2 heterocycles. The molecule has 0 spiro atoms. The largest absolute Gasteiger partial charge is 0.485 e. The molecule has 2 aliphatic heterocycles. The van der Waals surface area contributed by atoms with Gasteiger partial charge in [0.2, 0.25) is 5.91 Å². The fourth-order valence-corrected chi connectivity index (χ4v) is 4.27. The van der Waals surface area contributed by atoms with E-state index in [0.717, 1.165) is 5.56 Å². The van der Waals surface area contributed by atoms with Crippen LogP contribution in [0.3, 0.4) is 0 Å². The Morgan fingerprint density at radius 2 is 2.03 bits per heavy atom. The van der Waals surface area contributed by atoms with E-state index in [4.69, 9.17) is 4.74 Å². The summed E-state index contributed by atoms with van der Waals surface area (Å²) in [6.07, 6.45) is -0.901. The van der Waals surface area contributed by atoms with Gasteiger partial charge in [-0.05, 0) is 37.6 Å². The maximum atomic E-state index is 13.4. The van der Waals surface area contributed by atoms with Gasteiger partial charge < -0.3 is 20.1 Å². The van der Waals surface area contributed by atoms with Crippen LogP contribution in [0, 0.1) is 11.3 Å². The molecular weight excluding hydrogens is 366 g/mol. The average Bonchev–Trinajstić information content (AvgIpc) is 2.71. The number of amides is 1. The van der Waals surface area contributed by atoms with Gasteiger partial charge in [0.1, 0.15) is 17.5 Å². The van der Waals surface area contributed by atoms with E-state index in [1.54, 1.807) is 18.2 Å². The molecule has 0 aromatic heterocycles. The van der Waals surface area contributed by atoms with Gasteiger partial charge in [-0.3, -0.25) is 4.79 Å². The first-order valence-corrected chi connectivity index (χ1v) is 9.88. The van der Waals surface area contributed by atoms with Gasteiger partial charge in [0.25, 0.3) is 0 Å². The number of aliphatic hydroxyl groups excluding tert-OH is 1. The maximum Gasteiger partial charge on any atom is 0.240 e. The molecule has 1 unspecified atom stereocenters. The lowest BCUT2D eigenvalue weighted by atomic mass is 9.76. The third-order valence-electron chi connectivity index (χ3n) is 5.82. The number of benzene rings is 2. The number of nitrogens with one attached hydrogen (secondary N) is 1. The molecule has 2 N–H and O–H groups in total. The predicted molar refractivity (Wildman–Crippen MR) is 108 cm³/mol. The van der Waals surface area contributed by atoms with Crippen molar-refractivity contribution >= 4 is 5.91 Å². The van der Waals surface area contributed by atoms with Gasteiger partial charge >= 0.3 is 0 Å². The monoisotopic (exact) mass is 391 g/mol. The van der Waals surface area contributed by atoms with Gasteiger partial charge in [-0.2, -0.15) is 5.26 Å². The number of fused-ring (bicyclic) bond motifs is 1. The molecule has 2 aromatic carbocycles. The molecule has 0 saturated carbocycles. The van der Waals surface area contributed by atoms with E-state index in [1.807, 2.05) is 49.1 Å².